The Morgan fingerprint density at radius 1 is 1.46 bits per heavy atom. The van der Waals surface area contributed by atoms with E-state index < -0.39 is 0 Å². The van der Waals surface area contributed by atoms with Gasteiger partial charge in [0.2, 0.25) is 5.91 Å². The summed E-state index contributed by atoms with van der Waals surface area (Å²) in [4.78, 5) is 16.5. The van der Waals surface area contributed by atoms with E-state index in [0.717, 1.165) is 5.56 Å². The molecule has 1 saturated heterocycles. The quantitative estimate of drug-likeness (QED) is 0.752. The van der Waals surface area contributed by atoms with E-state index in [1.165, 1.54) is 0 Å². The molecular weight excluding hydrogens is 302 g/mol. The molecule has 5 heteroatoms. The van der Waals surface area contributed by atoms with E-state index in [1.807, 2.05) is 41.8 Å². The number of nitrogens with zero attached hydrogens (tertiary/aromatic N) is 3. The maximum Gasteiger partial charge on any atom is 0.236 e. The highest BCUT2D eigenvalue weighted by Crippen LogP contribution is 2.13. The number of benzene rings is 1. The second kappa shape index (κ2) is 8.62. The Morgan fingerprint density at radius 3 is 2.79 bits per heavy atom. The normalized spacial score (nSPS) is 20.7. The lowest BCUT2D eigenvalue weighted by Crippen LogP contribution is -2.51. The van der Waals surface area contributed by atoms with Gasteiger partial charge >= 0.3 is 0 Å². The van der Waals surface area contributed by atoms with Crippen LogP contribution in [-0.4, -0.2) is 54.1 Å². The monoisotopic (exact) mass is 327 g/mol. The topological polar surface area (TPSA) is 56.6 Å². The molecule has 1 aliphatic heterocycles. The number of carbonyl (C=O) groups is 1. The zero-order chi connectivity index (χ0) is 17.5. The van der Waals surface area contributed by atoms with Crippen LogP contribution in [0, 0.1) is 11.3 Å². The molecule has 1 amide bonds. The van der Waals surface area contributed by atoms with Crippen molar-refractivity contribution in [1.29, 1.82) is 5.26 Å². The van der Waals surface area contributed by atoms with Gasteiger partial charge in [0.1, 0.15) is 0 Å². The van der Waals surface area contributed by atoms with Crippen molar-refractivity contribution in [2.75, 3.05) is 26.2 Å². The fourth-order valence-electron chi connectivity index (χ4n) is 3.04. The van der Waals surface area contributed by atoms with Crippen molar-refractivity contribution in [2.45, 2.75) is 32.6 Å². The van der Waals surface area contributed by atoms with Crippen LogP contribution in [0.3, 0.4) is 0 Å². The van der Waals surface area contributed by atoms with Crippen LogP contribution >= 0.6 is 0 Å². The molecule has 128 valence electrons. The highest BCUT2D eigenvalue weighted by atomic mass is 16.5. The second-order valence-corrected chi connectivity index (χ2v) is 6.33. The Kier molecular flexibility index (Phi) is 6.53. The number of morpholine rings is 1. The lowest BCUT2D eigenvalue weighted by Gasteiger charge is -2.36. The van der Waals surface area contributed by atoms with E-state index in [9.17, 15) is 4.79 Å². The first-order valence-electron chi connectivity index (χ1n) is 8.27. The maximum absolute atomic E-state index is 12.6. The summed E-state index contributed by atoms with van der Waals surface area (Å²) in [5.41, 5.74) is 1.65. The number of hydrogen-bond donors (Lipinski definition) is 0. The van der Waals surface area contributed by atoms with E-state index in [-0.39, 0.29) is 18.1 Å². The first-order valence-corrected chi connectivity index (χ1v) is 8.27. The predicted molar refractivity (Wildman–Crippen MR) is 93.2 cm³/mol. The van der Waals surface area contributed by atoms with Gasteiger partial charge in [-0.3, -0.25) is 9.69 Å². The van der Waals surface area contributed by atoms with Crippen LogP contribution in [0.4, 0.5) is 0 Å². The van der Waals surface area contributed by atoms with Gasteiger partial charge in [-0.05, 0) is 31.5 Å². The highest BCUT2D eigenvalue weighted by Gasteiger charge is 2.26. The van der Waals surface area contributed by atoms with Crippen molar-refractivity contribution in [3.63, 3.8) is 0 Å². The molecule has 1 fully saturated rings. The van der Waals surface area contributed by atoms with Gasteiger partial charge in [-0.15, -0.1) is 6.58 Å². The van der Waals surface area contributed by atoms with Crippen LogP contribution < -0.4 is 0 Å². The number of rotatable bonds is 6. The van der Waals surface area contributed by atoms with E-state index >= 15 is 0 Å². The molecule has 1 aromatic carbocycles. The van der Waals surface area contributed by atoms with Gasteiger partial charge in [-0.25, -0.2) is 0 Å². The Balaban J connectivity index is 2.00. The molecule has 0 saturated carbocycles. The fourth-order valence-corrected chi connectivity index (χ4v) is 3.04. The molecule has 1 heterocycles. The third kappa shape index (κ3) is 5.19. The standard InChI is InChI=1S/C19H25N3O2/c1-4-8-21(13-18-7-5-6-17(9-18)10-20)14-19(23)22-11-15(2)24-16(3)12-22/h4-7,9,15-16H,1,8,11-14H2,2-3H3/t15-,16-/m1/s1. The third-order valence-corrected chi connectivity index (χ3v) is 3.98. The number of carbonyl (C=O) groups excluding carboxylic acids is 1. The Bertz CT molecular complexity index is 613. The molecule has 0 aromatic heterocycles. The molecule has 0 aliphatic carbocycles. The summed E-state index contributed by atoms with van der Waals surface area (Å²) in [5, 5.41) is 9.01. The molecule has 0 unspecified atom stereocenters. The highest BCUT2D eigenvalue weighted by molar-refractivity contribution is 5.78. The van der Waals surface area contributed by atoms with Crippen molar-refractivity contribution in [2.24, 2.45) is 0 Å². The minimum Gasteiger partial charge on any atom is -0.372 e. The van der Waals surface area contributed by atoms with Gasteiger partial charge in [0.05, 0.1) is 30.4 Å². The molecular formula is C19H25N3O2. The molecule has 2 rings (SSSR count). The van der Waals surface area contributed by atoms with Crippen LogP contribution in [-0.2, 0) is 16.1 Å². The average molecular weight is 327 g/mol. The zero-order valence-electron chi connectivity index (χ0n) is 14.4. The molecule has 2 atom stereocenters. The predicted octanol–water partition coefficient (Wildman–Crippen LogP) is 2.18. The minimum atomic E-state index is 0.0675. The van der Waals surface area contributed by atoms with Gasteiger partial charge in [-0.2, -0.15) is 5.26 Å². The first-order chi connectivity index (χ1) is 11.5. The van der Waals surface area contributed by atoms with Gasteiger partial charge in [0.15, 0.2) is 0 Å². The molecule has 1 aromatic rings. The van der Waals surface area contributed by atoms with Gasteiger partial charge in [0.25, 0.3) is 0 Å². The van der Waals surface area contributed by atoms with E-state index in [0.29, 0.717) is 38.3 Å². The lowest BCUT2D eigenvalue weighted by atomic mass is 10.1. The lowest BCUT2D eigenvalue weighted by molar-refractivity contribution is -0.144. The smallest absolute Gasteiger partial charge is 0.236 e. The Morgan fingerprint density at radius 2 is 2.17 bits per heavy atom. The summed E-state index contributed by atoms with van der Waals surface area (Å²) in [6, 6.07) is 9.63. The van der Waals surface area contributed by atoms with Crippen LogP contribution in [0.1, 0.15) is 25.0 Å². The largest absolute Gasteiger partial charge is 0.372 e. The summed E-state index contributed by atoms with van der Waals surface area (Å²) < 4.78 is 5.69. The van der Waals surface area contributed by atoms with E-state index in [4.69, 9.17) is 10.00 Å². The Hall–Kier alpha value is -2.16. The summed E-state index contributed by atoms with van der Waals surface area (Å²) in [6.07, 6.45) is 1.93. The molecule has 24 heavy (non-hydrogen) atoms. The average Bonchev–Trinajstić information content (AvgIpc) is 2.54. The molecule has 0 radical (unpaired) electrons. The van der Waals surface area contributed by atoms with Crippen molar-refractivity contribution in [3.05, 3.63) is 48.0 Å². The number of hydrogen-bond acceptors (Lipinski definition) is 4. The molecule has 0 N–H and O–H groups in total. The molecule has 0 spiro atoms. The SMILES string of the molecule is C=CCN(CC(=O)N1C[C@@H](C)O[C@H](C)C1)Cc1cccc(C#N)c1. The summed E-state index contributed by atoms with van der Waals surface area (Å²) in [6.45, 7) is 10.6. The second-order valence-electron chi connectivity index (χ2n) is 6.33. The van der Waals surface area contributed by atoms with Crippen molar-refractivity contribution in [3.8, 4) is 6.07 Å². The van der Waals surface area contributed by atoms with Gasteiger partial charge in [0, 0.05) is 26.2 Å². The van der Waals surface area contributed by atoms with Crippen molar-refractivity contribution >= 4 is 5.91 Å². The summed E-state index contributed by atoms with van der Waals surface area (Å²) >= 11 is 0. The zero-order valence-corrected chi connectivity index (χ0v) is 14.4. The third-order valence-electron chi connectivity index (χ3n) is 3.98. The maximum atomic E-state index is 12.6. The molecule has 1 aliphatic rings. The minimum absolute atomic E-state index is 0.0675. The summed E-state index contributed by atoms with van der Waals surface area (Å²) in [7, 11) is 0. The van der Waals surface area contributed by atoms with E-state index in [1.54, 1.807) is 12.1 Å². The van der Waals surface area contributed by atoms with Gasteiger partial charge in [-0.1, -0.05) is 18.2 Å². The van der Waals surface area contributed by atoms with E-state index in [2.05, 4.69) is 12.6 Å². The Labute approximate surface area is 144 Å². The molecule has 0 bridgehead atoms. The first kappa shape index (κ1) is 18.2. The van der Waals surface area contributed by atoms with Crippen LogP contribution in [0.15, 0.2) is 36.9 Å². The fraction of sp³-hybridized carbons (Fsp3) is 0.474. The molecule has 5 nitrogen and oxygen atoms in total. The number of ether oxygens (including phenoxy) is 1. The van der Waals surface area contributed by atoms with Crippen LogP contribution in [0.25, 0.3) is 0 Å². The van der Waals surface area contributed by atoms with Gasteiger partial charge < -0.3 is 9.64 Å². The van der Waals surface area contributed by atoms with Crippen molar-refractivity contribution in [1.82, 2.24) is 9.80 Å². The van der Waals surface area contributed by atoms with Crippen molar-refractivity contribution < 1.29 is 9.53 Å². The van der Waals surface area contributed by atoms with Crippen LogP contribution in [0.5, 0.6) is 0 Å². The van der Waals surface area contributed by atoms with Crippen LogP contribution in [0.2, 0.25) is 0 Å². The number of amides is 1. The summed E-state index contributed by atoms with van der Waals surface area (Å²) in [5.74, 6) is 0.107. The number of nitriles is 1.